The first-order valence-electron chi connectivity index (χ1n) is 9.36. The van der Waals surface area contributed by atoms with Gasteiger partial charge in [0.1, 0.15) is 0 Å². The van der Waals surface area contributed by atoms with E-state index in [4.69, 9.17) is 0 Å². The van der Waals surface area contributed by atoms with Crippen LogP contribution in [0.4, 0.5) is 0 Å². The van der Waals surface area contributed by atoms with Crippen LogP contribution in [-0.2, 0) is 27.8 Å². The molecule has 1 fully saturated rings. The van der Waals surface area contributed by atoms with E-state index in [2.05, 4.69) is 11.4 Å². The standard InChI is InChI=1S/C20H24N2O3S2/c1-15-2-4-18(5-3-15)27(24,25)22-11-6-16(7-12-22)20(23)21-10-8-19-17(14-21)9-13-26-19/h2-5,9,13,16H,6-8,10-12,14H2,1H3. The van der Waals surface area contributed by atoms with Crippen molar-refractivity contribution < 1.29 is 13.2 Å². The zero-order chi connectivity index (χ0) is 19.0. The Morgan fingerprint density at radius 1 is 1.07 bits per heavy atom. The van der Waals surface area contributed by atoms with Gasteiger partial charge in [-0.05, 0) is 55.3 Å². The Morgan fingerprint density at radius 3 is 2.48 bits per heavy atom. The number of rotatable bonds is 3. The van der Waals surface area contributed by atoms with E-state index in [1.807, 2.05) is 24.0 Å². The quantitative estimate of drug-likeness (QED) is 0.790. The van der Waals surface area contributed by atoms with Gasteiger partial charge in [0.25, 0.3) is 0 Å². The predicted molar refractivity (Wildman–Crippen MR) is 106 cm³/mol. The van der Waals surface area contributed by atoms with Crippen LogP contribution in [0, 0.1) is 12.8 Å². The van der Waals surface area contributed by atoms with Crippen molar-refractivity contribution >= 4 is 27.3 Å². The molecule has 0 unspecified atom stereocenters. The number of piperidine rings is 1. The number of fused-ring (bicyclic) bond motifs is 1. The molecular formula is C20H24N2O3S2. The minimum Gasteiger partial charge on any atom is -0.338 e. The van der Waals surface area contributed by atoms with Crippen LogP contribution in [0.3, 0.4) is 0 Å². The molecule has 2 aliphatic heterocycles. The van der Waals surface area contributed by atoms with Crippen LogP contribution in [0.15, 0.2) is 40.6 Å². The lowest BCUT2D eigenvalue weighted by Gasteiger charge is -2.35. The second-order valence-corrected chi connectivity index (χ2v) is 10.3. The van der Waals surface area contributed by atoms with Crippen molar-refractivity contribution in [2.24, 2.45) is 5.92 Å². The van der Waals surface area contributed by atoms with Crippen LogP contribution in [0.25, 0.3) is 0 Å². The van der Waals surface area contributed by atoms with E-state index in [1.54, 1.807) is 23.5 Å². The van der Waals surface area contributed by atoms with E-state index >= 15 is 0 Å². The smallest absolute Gasteiger partial charge is 0.243 e. The maximum absolute atomic E-state index is 12.9. The van der Waals surface area contributed by atoms with Crippen LogP contribution in [0.2, 0.25) is 0 Å². The number of nitrogens with zero attached hydrogens (tertiary/aromatic N) is 2. The molecule has 144 valence electrons. The van der Waals surface area contributed by atoms with Gasteiger partial charge in [0.05, 0.1) is 4.90 Å². The summed E-state index contributed by atoms with van der Waals surface area (Å²) in [6.45, 7) is 4.22. The molecule has 0 spiro atoms. The average molecular weight is 405 g/mol. The third-order valence-corrected chi connectivity index (χ3v) is 8.52. The molecule has 1 amide bonds. The minimum atomic E-state index is -3.48. The second kappa shape index (κ2) is 7.37. The molecule has 0 bridgehead atoms. The summed E-state index contributed by atoms with van der Waals surface area (Å²) in [5, 5.41) is 2.09. The van der Waals surface area contributed by atoms with Gasteiger partial charge in [0, 0.05) is 37.0 Å². The molecule has 0 aliphatic carbocycles. The van der Waals surface area contributed by atoms with Crippen molar-refractivity contribution in [3.05, 3.63) is 51.7 Å². The van der Waals surface area contributed by atoms with Gasteiger partial charge in [0.2, 0.25) is 15.9 Å². The van der Waals surface area contributed by atoms with Crippen molar-refractivity contribution in [2.75, 3.05) is 19.6 Å². The van der Waals surface area contributed by atoms with Crippen LogP contribution in [-0.4, -0.2) is 43.2 Å². The van der Waals surface area contributed by atoms with Gasteiger partial charge in [-0.25, -0.2) is 8.42 Å². The molecule has 2 aliphatic rings. The Kier molecular flexibility index (Phi) is 5.09. The van der Waals surface area contributed by atoms with Crippen LogP contribution in [0.5, 0.6) is 0 Å². The maximum Gasteiger partial charge on any atom is 0.243 e. The molecule has 0 atom stereocenters. The van der Waals surface area contributed by atoms with Crippen LogP contribution < -0.4 is 0 Å². The second-order valence-electron chi connectivity index (χ2n) is 7.37. The summed E-state index contributed by atoms with van der Waals surface area (Å²) < 4.78 is 27.2. The summed E-state index contributed by atoms with van der Waals surface area (Å²) in [5.41, 5.74) is 2.30. The monoisotopic (exact) mass is 404 g/mol. The van der Waals surface area contributed by atoms with Gasteiger partial charge >= 0.3 is 0 Å². The summed E-state index contributed by atoms with van der Waals surface area (Å²) >= 11 is 1.77. The lowest BCUT2D eigenvalue weighted by atomic mass is 9.95. The zero-order valence-electron chi connectivity index (χ0n) is 15.4. The first kappa shape index (κ1) is 18.7. The SMILES string of the molecule is Cc1ccc(S(=O)(=O)N2CCC(C(=O)N3CCc4sccc4C3)CC2)cc1. The number of sulfonamides is 1. The Morgan fingerprint density at radius 2 is 1.78 bits per heavy atom. The van der Waals surface area contributed by atoms with Gasteiger partial charge in [-0.3, -0.25) is 4.79 Å². The fourth-order valence-electron chi connectivity index (χ4n) is 3.90. The molecule has 0 saturated carbocycles. The number of amides is 1. The summed E-state index contributed by atoms with van der Waals surface area (Å²) in [6.07, 6.45) is 2.12. The summed E-state index contributed by atoms with van der Waals surface area (Å²) in [5.74, 6) is 0.105. The van der Waals surface area contributed by atoms with E-state index in [-0.39, 0.29) is 11.8 Å². The maximum atomic E-state index is 12.9. The van der Waals surface area contributed by atoms with Gasteiger partial charge in [0.15, 0.2) is 0 Å². The number of carbonyl (C=O) groups is 1. The molecular weight excluding hydrogens is 380 g/mol. The minimum absolute atomic E-state index is 0.0744. The number of hydrogen-bond acceptors (Lipinski definition) is 4. The van der Waals surface area contributed by atoms with E-state index in [9.17, 15) is 13.2 Å². The molecule has 0 radical (unpaired) electrons. The third kappa shape index (κ3) is 3.68. The normalized spacial score (nSPS) is 19.1. The largest absolute Gasteiger partial charge is 0.338 e. The molecule has 27 heavy (non-hydrogen) atoms. The van der Waals surface area contributed by atoms with E-state index < -0.39 is 10.0 Å². The van der Waals surface area contributed by atoms with E-state index in [0.717, 1.165) is 18.5 Å². The van der Waals surface area contributed by atoms with Crippen molar-refractivity contribution in [2.45, 2.75) is 37.6 Å². The number of thiophene rings is 1. The lowest BCUT2D eigenvalue weighted by molar-refractivity contribution is -0.137. The Bertz CT molecular complexity index is 926. The summed E-state index contributed by atoms with van der Waals surface area (Å²) in [4.78, 5) is 16.6. The van der Waals surface area contributed by atoms with Gasteiger partial charge in [-0.1, -0.05) is 17.7 Å². The number of carbonyl (C=O) groups excluding carboxylic acids is 1. The predicted octanol–water partition coefficient (Wildman–Crippen LogP) is 3.04. The van der Waals surface area contributed by atoms with Crippen molar-refractivity contribution in [3.63, 3.8) is 0 Å². The molecule has 7 heteroatoms. The number of aryl methyl sites for hydroxylation is 1. The Labute approximate surface area is 164 Å². The molecule has 2 aromatic rings. The van der Waals surface area contributed by atoms with E-state index in [1.165, 1.54) is 14.7 Å². The Hall–Kier alpha value is -1.70. The molecule has 1 saturated heterocycles. The number of benzene rings is 1. The molecule has 3 heterocycles. The highest BCUT2D eigenvalue weighted by atomic mass is 32.2. The first-order chi connectivity index (χ1) is 12.9. The topological polar surface area (TPSA) is 57.7 Å². The molecule has 1 aromatic carbocycles. The highest BCUT2D eigenvalue weighted by Crippen LogP contribution is 2.29. The van der Waals surface area contributed by atoms with Crippen molar-refractivity contribution in [3.8, 4) is 0 Å². The summed E-state index contributed by atoms with van der Waals surface area (Å²) in [6, 6.07) is 9.06. The lowest BCUT2D eigenvalue weighted by Crippen LogP contribution is -2.45. The van der Waals surface area contributed by atoms with Crippen LogP contribution >= 0.6 is 11.3 Å². The van der Waals surface area contributed by atoms with E-state index in [0.29, 0.717) is 37.4 Å². The molecule has 1 aromatic heterocycles. The Balaban J connectivity index is 1.39. The third-order valence-electron chi connectivity index (χ3n) is 5.58. The van der Waals surface area contributed by atoms with Crippen molar-refractivity contribution in [1.29, 1.82) is 0 Å². The van der Waals surface area contributed by atoms with Gasteiger partial charge < -0.3 is 4.90 Å². The molecule has 0 N–H and O–H groups in total. The number of hydrogen-bond donors (Lipinski definition) is 0. The van der Waals surface area contributed by atoms with Crippen LogP contribution in [0.1, 0.15) is 28.8 Å². The first-order valence-corrected chi connectivity index (χ1v) is 11.7. The highest BCUT2D eigenvalue weighted by Gasteiger charge is 2.34. The summed E-state index contributed by atoms with van der Waals surface area (Å²) in [7, 11) is -3.48. The highest BCUT2D eigenvalue weighted by molar-refractivity contribution is 7.89. The van der Waals surface area contributed by atoms with Gasteiger partial charge in [-0.2, -0.15) is 4.31 Å². The fraction of sp³-hybridized carbons (Fsp3) is 0.450. The fourth-order valence-corrected chi connectivity index (χ4v) is 6.26. The van der Waals surface area contributed by atoms with Crippen molar-refractivity contribution in [1.82, 2.24) is 9.21 Å². The molecule has 5 nitrogen and oxygen atoms in total. The average Bonchev–Trinajstić information content (AvgIpc) is 3.15. The molecule has 4 rings (SSSR count). The van der Waals surface area contributed by atoms with Gasteiger partial charge in [-0.15, -0.1) is 11.3 Å². The zero-order valence-corrected chi connectivity index (χ0v) is 17.1.